The van der Waals surface area contributed by atoms with Crippen molar-refractivity contribution in [1.82, 2.24) is 15.1 Å². The number of urea groups is 1. The Kier molecular flexibility index (Phi) is 5.27. The van der Waals surface area contributed by atoms with Crippen molar-refractivity contribution in [3.63, 3.8) is 0 Å². The van der Waals surface area contributed by atoms with Crippen LogP contribution in [0.4, 0.5) is 9.18 Å². The molecule has 26 heavy (non-hydrogen) atoms. The molecule has 2 N–H and O–H groups in total. The van der Waals surface area contributed by atoms with Gasteiger partial charge in [0.15, 0.2) is 0 Å². The number of carbonyl (C=O) groups is 2. The highest BCUT2D eigenvalue weighted by molar-refractivity contribution is 6.01. The van der Waals surface area contributed by atoms with E-state index in [1.807, 2.05) is 4.90 Å². The van der Waals surface area contributed by atoms with Crippen LogP contribution in [0.15, 0.2) is 35.5 Å². The third kappa shape index (κ3) is 3.31. The van der Waals surface area contributed by atoms with Gasteiger partial charge in [0.1, 0.15) is 5.82 Å². The molecule has 6 nitrogen and oxygen atoms in total. The molecule has 2 aliphatic rings. The van der Waals surface area contributed by atoms with E-state index in [4.69, 9.17) is 0 Å². The number of carbonyl (C=O) groups excluding carboxylic acids is 2. The van der Waals surface area contributed by atoms with Crippen molar-refractivity contribution in [2.45, 2.75) is 19.9 Å². The van der Waals surface area contributed by atoms with Gasteiger partial charge in [0, 0.05) is 7.05 Å². The number of hydrogen-bond donors (Lipinski definition) is 2. The predicted octanol–water partition coefficient (Wildman–Crippen LogP) is 0.543. The lowest BCUT2D eigenvalue weighted by molar-refractivity contribution is -0.895. The Morgan fingerprint density at radius 1 is 1.19 bits per heavy atom. The number of hydrogen-bond acceptors (Lipinski definition) is 2. The van der Waals surface area contributed by atoms with Crippen molar-refractivity contribution in [2.75, 3.05) is 39.8 Å². The van der Waals surface area contributed by atoms with Gasteiger partial charge in [-0.15, -0.1) is 0 Å². The molecule has 1 aromatic carbocycles. The number of halogens is 1. The summed E-state index contributed by atoms with van der Waals surface area (Å²) in [5, 5.41) is 2.87. The molecular formula is C19H26FN4O2+. The Morgan fingerprint density at radius 3 is 2.46 bits per heavy atom. The average molecular weight is 361 g/mol. The van der Waals surface area contributed by atoms with E-state index in [-0.39, 0.29) is 17.8 Å². The lowest BCUT2D eigenvalue weighted by atomic mass is 9.96. The van der Waals surface area contributed by atoms with Crippen LogP contribution in [0.5, 0.6) is 0 Å². The molecule has 7 heteroatoms. The van der Waals surface area contributed by atoms with Crippen LogP contribution in [0.3, 0.4) is 0 Å². The summed E-state index contributed by atoms with van der Waals surface area (Å²) in [6.07, 6.45) is 0. The van der Waals surface area contributed by atoms with Gasteiger partial charge in [0.25, 0.3) is 5.91 Å². The van der Waals surface area contributed by atoms with E-state index in [1.54, 1.807) is 19.2 Å². The topological polar surface area (TPSA) is 57.1 Å². The van der Waals surface area contributed by atoms with Crippen LogP contribution < -0.4 is 10.2 Å². The van der Waals surface area contributed by atoms with Gasteiger partial charge >= 0.3 is 6.03 Å². The first-order valence-corrected chi connectivity index (χ1v) is 9.11. The van der Waals surface area contributed by atoms with Crippen molar-refractivity contribution in [2.24, 2.45) is 0 Å². The summed E-state index contributed by atoms with van der Waals surface area (Å²) in [7, 11) is 1.68. The molecule has 140 valence electrons. The first kappa shape index (κ1) is 18.4. The molecule has 0 bridgehead atoms. The summed E-state index contributed by atoms with van der Waals surface area (Å²) >= 11 is 0. The maximum Gasteiger partial charge on any atom is 0.322 e. The van der Waals surface area contributed by atoms with Gasteiger partial charge in [-0.3, -0.25) is 9.69 Å². The summed E-state index contributed by atoms with van der Waals surface area (Å²) in [6, 6.07) is 5.15. The monoisotopic (exact) mass is 361 g/mol. The van der Waals surface area contributed by atoms with E-state index in [9.17, 15) is 14.0 Å². The van der Waals surface area contributed by atoms with Crippen molar-refractivity contribution in [1.29, 1.82) is 0 Å². The average Bonchev–Trinajstić information content (AvgIpc) is 2.97. The van der Waals surface area contributed by atoms with Crippen LogP contribution in [-0.2, 0) is 4.79 Å². The van der Waals surface area contributed by atoms with Gasteiger partial charge in [-0.05, 0) is 31.5 Å². The minimum Gasteiger partial charge on any atom is -0.334 e. The molecule has 0 aliphatic carbocycles. The zero-order chi connectivity index (χ0) is 18.8. The van der Waals surface area contributed by atoms with E-state index < -0.39 is 6.04 Å². The summed E-state index contributed by atoms with van der Waals surface area (Å²) in [4.78, 5) is 30.1. The van der Waals surface area contributed by atoms with Crippen molar-refractivity contribution >= 4 is 11.9 Å². The Morgan fingerprint density at radius 2 is 1.85 bits per heavy atom. The van der Waals surface area contributed by atoms with Crippen molar-refractivity contribution in [3.8, 4) is 0 Å². The number of rotatable bonds is 6. The summed E-state index contributed by atoms with van der Waals surface area (Å²) in [5.74, 6) is -0.392. The normalized spacial score (nSPS) is 20.1. The van der Waals surface area contributed by atoms with Gasteiger partial charge in [0.05, 0.1) is 50.0 Å². The molecule has 0 saturated heterocycles. The van der Waals surface area contributed by atoms with E-state index in [2.05, 4.69) is 19.2 Å². The first-order valence-electron chi connectivity index (χ1n) is 9.11. The minimum atomic E-state index is -0.535. The van der Waals surface area contributed by atoms with E-state index in [1.165, 1.54) is 21.9 Å². The summed E-state index contributed by atoms with van der Waals surface area (Å²) < 4.78 is 13.3. The number of quaternary nitrogens is 1. The molecule has 0 aromatic heterocycles. The summed E-state index contributed by atoms with van der Waals surface area (Å²) in [6.45, 7) is 8.28. The van der Waals surface area contributed by atoms with Crippen LogP contribution in [0.25, 0.3) is 0 Å². The molecule has 1 atom stereocenters. The molecule has 3 amide bonds. The second-order valence-electron chi connectivity index (χ2n) is 6.79. The highest BCUT2D eigenvalue weighted by Gasteiger charge is 2.42. The largest absolute Gasteiger partial charge is 0.334 e. The number of amides is 3. The fourth-order valence-corrected chi connectivity index (χ4v) is 3.61. The second kappa shape index (κ2) is 7.45. The highest BCUT2D eigenvalue weighted by Crippen LogP contribution is 2.35. The molecule has 0 spiro atoms. The van der Waals surface area contributed by atoms with Crippen LogP contribution in [0, 0.1) is 5.82 Å². The van der Waals surface area contributed by atoms with Gasteiger partial charge < -0.3 is 15.1 Å². The molecule has 2 heterocycles. The third-order valence-corrected chi connectivity index (χ3v) is 5.37. The molecule has 0 radical (unpaired) electrons. The van der Waals surface area contributed by atoms with Crippen LogP contribution in [0.2, 0.25) is 0 Å². The third-order valence-electron chi connectivity index (χ3n) is 5.37. The second-order valence-corrected chi connectivity index (χ2v) is 6.79. The van der Waals surface area contributed by atoms with E-state index in [0.29, 0.717) is 24.2 Å². The van der Waals surface area contributed by atoms with Gasteiger partial charge in [-0.1, -0.05) is 12.1 Å². The van der Waals surface area contributed by atoms with Gasteiger partial charge in [0.2, 0.25) is 0 Å². The van der Waals surface area contributed by atoms with E-state index >= 15 is 0 Å². The quantitative estimate of drug-likeness (QED) is 0.777. The lowest BCUT2D eigenvalue weighted by Crippen LogP contribution is -3.12. The SMILES string of the molecule is CC[NH+](CC)CCN1CC2=C(C1=O)[C@H](c1ccc(F)cc1)NC(=O)N2C. The highest BCUT2D eigenvalue weighted by atomic mass is 19.1. The Hall–Kier alpha value is -2.41. The predicted molar refractivity (Wildman–Crippen MR) is 96.0 cm³/mol. The fraction of sp³-hybridized carbons (Fsp3) is 0.474. The maximum atomic E-state index is 13.3. The lowest BCUT2D eigenvalue weighted by Gasteiger charge is -2.31. The molecule has 0 fully saturated rings. The standard InChI is InChI=1S/C19H25FN4O2/c1-4-23(5-2)10-11-24-12-15-16(18(24)25)17(21-19(26)22(15)3)13-6-8-14(20)9-7-13/h6-9,17H,4-5,10-12H2,1-3H3,(H,21,26)/p+1/t17-/m0/s1. The maximum absolute atomic E-state index is 13.3. The zero-order valence-electron chi connectivity index (χ0n) is 15.5. The number of nitrogens with zero attached hydrogens (tertiary/aromatic N) is 2. The Bertz CT molecular complexity index is 728. The molecule has 2 aliphatic heterocycles. The minimum absolute atomic E-state index is 0.0484. The van der Waals surface area contributed by atoms with E-state index in [0.717, 1.165) is 25.3 Å². The smallest absolute Gasteiger partial charge is 0.322 e. The number of benzene rings is 1. The Labute approximate surface area is 153 Å². The van der Waals surface area contributed by atoms with Gasteiger partial charge in [-0.2, -0.15) is 0 Å². The van der Waals surface area contributed by atoms with Crippen molar-refractivity contribution < 1.29 is 18.9 Å². The number of likely N-dealkylation sites (N-methyl/N-ethyl adjacent to an activating group) is 2. The van der Waals surface area contributed by atoms with Crippen LogP contribution in [0.1, 0.15) is 25.5 Å². The number of nitrogens with one attached hydrogen (secondary N) is 2. The van der Waals surface area contributed by atoms with Crippen molar-refractivity contribution in [3.05, 3.63) is 46.9 Å². The zero-order valence-corrected chi connectivity index (χ0v) is 15.5. The van der Waals surface area contributed by atoms with Gasteiger partial charge in [-0.25, -0.2) is 9.18 Å². The molecule has 3 rings (SSSR count). The fourth-order valence-electron chi connectivity index (χ4n) is 3.61. The van der Waals surface area contributed by atoms with Crippen LogP contribution in [-0.4, -0.2) is 61.5 Å². The molecular weight excluding hydrogens is 335 g/mol. The van der Waals surface area contributed by atoms with Crippen LogP contribution >= 0.6 is 0 Å². The molecule has 1 aromatic rings. The summed E-state index contributed by atoms with van der Waals surface area (Å²) in [5.41, 5.74) is 2.04. The molecule has 0 unspecified atom stereocenters. The Balaban J connectivity index is 1.85. The first-order chi connectivity index (χ1) is 12.5. The molecule has 0 saturated carbocycles.